The summed E-state index contributed by atoms with van der Waals surface area (Å²) in [5, 5.41) is 1.14. The molecule has 2 aliphatic heterocycles. The molecule has 0 spiro atoms. The second-order valence-electron chi connectivity index (χ2n) is 7.66. The molecule has 1 aliphatic carbocycles. The number of carbonyl (C=O) groups is 1. The zero-order valence-corrected chi connectivity index (χ0v) is 15.8. The Morgan fingerprint density at radius 3 is 2.58 bits per heavy atom. The number of halogens is 2. The summed E-state index contributed by atoms with van der Waals surface area (Å²) in [6.07, 6.45) is 5.08. The van der Waals surface area contributed by atoms with Crippen molar-refractivity contribution in [2.24, 2.45) is 5.92 Å². The van der Waals surface area contributed by atoms with Crippen LogP contribution in [-0.4, -0.2) is 29.2 Å². The maximum absolute atomic E-state index is 12.4. The third-order valence-electron chi connectivity index (χ3n) is 4.63. The van der Waals surface area contributed by atoms with Crippen molar-refractivity contribution < 1.29 is 9.53 Å². The summed E-state index contributed by atoms with van der Waals surface area (Å²) in [7, 11) is 0. The van der Waals surface area contributed by atoms with Crippen LogP contribution < -0.4 is 0 Å². The van der Waals surface area contributed by atoms with Gasteiger partial charge in [-0.3, -0.25) is 0 Å². The molecule has 0 aromatic heterocycles. The molecule has 3 aliphatic rings. The van der Waals surface area contributed by atoms with E-state index >= 15 is 0 Å². The second kappa shape index (κ2) is 6.61. The molecule has 4 rings (SSSR count). The van der Waals surface area contributed by atoms with Crippen LogP contribution in [0.5, 0.6) is 0 Å². The van der Waals surface area contributed by atoms with Crippen molar-refractivity contribution in [1.29, 1.82) is 0 Å². The average molecular weight is 368 g/mol. The highest BCUT2D eigenvalue weighted by molar-refractivity contribution is 6.42. The van der Waals surface area contributed by atoms with Gasteiger partial charge in [0.25, 0.3) is 0 Å². The van der Waals surface area contributed by atoms with Crippen LogP contribution in [0.25, 0.3) is 6.08 Å². The fourth-order valence-corrected chi connectivity index (χ4v) is 3.82. The molecular formula is C19H23Cl2NO2. The van der Waals surface area contributed by atoms with Gasteiger partial charge in [0.15, 0.2) is 0 Å². The predicted octanol–water partition coefficient (Wildman–Crippen LogP) is 5.80. The van der Waals surface area contributed by atoms with E-state index in [0.29, 0.717) is 16.0 Å². The Morgan fingerprint density at radius 1 is 1.25 bits per heavy atom. The Kier molecular flexibility index (Phi) is 4.85. The van der Waals surface area contributed by atoms with Crippen LogP contribution in [0.2, 0.25) is 10.0 Å². The molecule has 2 heterocycles. The fraction of sp³-hybridized carbons (Fsp3) is 0.526. The lowest BCUT2D eigenvalue weighted by atomic mass is 9.75. The van der Waals surface area contributed by atoms with Gasteiger partial charge in [-0.05, 0) is 63.6 Å². The van der Waals surface area contributed by atoms with Gasteiger partial charge >= 0.3 is 6.09 Å². The van der Waals surface area contributed by atoms with Crippen LogP contribution in [-0.2, 0) is 4.74 Å². The number of amides is 1. The molecule has 2 saturated heterocycles. The molecule has 0 radical (unpaired) electrons. The summed E-state index contributed by atoms with van der Waals surface area (Å²) in [6, 6.07) is 5.93. The lowest BCUT2D eigenvalue weighted by Crippen LogP contribution is -2.53. The first-order chi connectivity index (χ1) is 11.2. The van der Waals surface area contributed by atoms with Gasteiger partial charge in [0.1, 0.15) is 5.60 Å². The van der Waals surface area contributed by atoms with Crippen molar-refractivity contribution in [2.75, 3.05) is 6.54 Å². The summed E-state index contributed by atoms with van der Waals surface area (Å²) in [5.74, 6) is 0.400. The van der Waals surface area contributed by atoms with Gasteiger partial charge in [0, 0.05) is 12.6 Å². The molecule has 2 atom stereocenters. The summed E-state index contributed by atoms with van der Waals surface area (Å²) in [5.41, 5.74) is 2.01. The Labute approximate surface area is 153 Å². The zero-order chi connectivity index (χ0) is 17.5. The van der Waals surface area contributed by atoms with E-state index in [1.54, 1.807) is 0 Å². The lowest BCUT2D eigenvalue weighted by molar-refractivity contribution is -0.00213. The van der Waals surface area contributed by atoms with Gasteiger partial charge in [-0.15, -0.1) is 0 Å². The van der Waals surface area contributed by atoms with Crippen molar-refractivity contribution in [3.63, 3.8) is 0 Å². The van der Waals surface area contributed by atoms with E-state index in [-0.39, 0.29) is 12.1 Å². The first-order valence-corrected chi connectivity index (χ1v) is 9.13. The van der Waals surface area contributed by atoms with Crippen molar-refractivity contribution in [2.45, 2.75) is 51.7 Å². The molecule has 3 nitrogen and oxygen atoms in total. The van der Waals surface area contributed by atoms with Gasteiger partial charge in [-0.2, -0.15) is 0 Å². The molecule has 2 bridgehead atoms. The number of carbonyl (C=O) groups excluding carboxylic acids is 1. The highest BCUT2D eigenvalue weighted by Crippen LogP contribution is 2.40. The molecule has 2 unspecified atom stereocenters. The number of ether oxygens (including phenoxy) is 1. The van der Waals surface area contributed by atoms with Gasteiger partial charge in [-0.25, -0.2) is 4.79 Å². The quantitative estimate of drug-likeness (QED) is 0.627. The van der Waals surface area contributed by atoms with Gasteiger partial charge in [-0.1, -0.05) is 40.9 Å². The summed E-state index contributed by atoms with van der Waals surface area (Å²) >= 11 is 12.1. The summed E-state index contributed by atoms with van der Waals surface area (Å²) in [4.78, 5) is 14.3. The predicted molar refractivity (Wildman–Crippen MR) is 98.5 cm³/mol. The maximum Gasteiger partial charge on any atom is 0.410 e. The first-order valence-electron chi connectivity index (χ1n) is 8.38. The van der Waals surface area contributed by atoms with Crippen LogP contribution in [0.1, 0.15) is 45.6 Å². The molecule has 3 fully saturated rings. The minimum absolute atomic E-state index is 0.189. The molecule has 0 N–H and O–H groups in total. The second-order valence-corrected chi connectivity index (χ2v) is 8.47. The van der Waals surface area contributed by atoms with E-state index in [4.69, 9.17) is 27.9 Å². The number of piperidine rings is 2. The normalized spacial score (nSPS) is 25.2. The SMILES string of the molecule is CC(C)(C)OC(=O)N1CC2CCC1CC2=Cc1ccc(Cl)c(Cl)c1. The highest BCUT2D eigenvalue weighted by atomic mass is 35.5. The molecule has 1 aromatic carbocycles. The minimum atomic E-state index is -0.452. The largest absolute Gasteiger partial charge is 0.444 e. The fourth-order valence-electron chi connectivity index (χ4n) is 3.52. The smallest absolute Gasteiger partial charge is 0.410 e. The first kappa shape index (κ1) is 17.6. The van der Waals surface area contributed by atoms with Crippen molar-refractivity contribution in [3.05, 3.63) is 39.4 Å². The number of hydrogen-bond donors (Lipinski definition) is 0. The topological polar surface area (TPSA) is 29.5 Å². The summed E-state index contributed by atoms with van der Waals surface area (Å²) < 4.78 is 5.55. The monoisotopic (exact) mass is 367 g/mol. The maximum atomic E-state index is 12.4. The highest BCUT2D eigenvalue weighted by Gasteiger charge is 2.40. The van der Waals surface area contributed by atoms with Crippen LogP contribution >= 0.6 is 23.2 Å². The zero-order valence-electron chi connectivity index (χ0n) is 14.3. The van der Waals surface area contributed by atoms with Gasteiger partial charge in [0.05, 0.1) is 10.0 Å². The average Bonchev–Trinajstić information content (AvgIpc) is 2.50. The van der Waals surface area contributed by atoms with Gasteiger partial charge < -0.3 is 9.64 Å². The van der Waals surface area contributed by atoms with E-state index in [9.17, 15) is 4.79 Å². The van der Waals surface area contributed by atoms with Crippen LogP contribution in [0, 0.1) is 5.92 Å². The number of rotatable bonds is 1. The molecule has 1 amide bonds. The Bertz CT molecular complexity index is 678. The minimum Gasteiger partial charge on any atom is -0.444 e. The molecular weight excluding hydrogens is 345 g/mol. The molecule has 1 aromatic rings. The molecule has 130 valence electrons. The van der Waals surface area contributed by atoms with E-state index in [2.05, 4.69) is 6.08 Å². The van der Waals surface area contributed by atoms with Crippen LogP contribution in [0.3, 0.4) is 0 Å². The van der Waals surface area contributed by atoms with Crippen molar-refractivity contribution in [1.82, 2.24) is 4.90 Å². The van der Waals surface area contributed by atoms with Crippen molar-refractivity contribution in [3.8, 4) is 0 Å². The standard InChI is InChI=1S/C19H23Cl2NO2/c1-19(2,3)24-18(23)22-11-13-5-6-15(22)10-14(13)8-12-4-7-16(20)17(21)9-12/h4,7-9,13,15H,5-6,10-11H2,1-3H3. The third kappa shape index (κ3) is 3.89. The van der Waals surface area contributed by atoms with Crippen LogP contribution in [0.4, 0.5) is 4.79 Å². The number of hydrogen-bond acceptors (Lipinski definition) is 2. The third-order valence-corrected chi connectivity index (χ3v) is 5.36. The van der Waals surface area contributed by atoms with Crippen LogP contribution in [0.15, 0.2) is 23.8 Å². The van der Waals surface area contributed by atoms with E-state index in [1.807, 2.05) is 43.9 Å². The van der Waals surface area contributed by atoms with E-state index < -0.39 is 5.60 Å². The number of benzene rings is 1. The number of nitrogens with zero attached hydrogens (tertiary/aromatic N) is 1. The molecule has 5 heteroatoms. The summed E-state index contributed by atoms with van der Waals surface area (Å²) in [6.45, 7) is 6.46. The molecule has 1 saturated carbocycles. The number of fused-ring (bicyclic) bond motifs is 3. The Morgan fingerprint density at radius 2 is 2.00 bits per heavy atom. The van der Waals surface area contributed by atoms with E-state index in [1.165, 1.54) is 5.57 Å². The van der Waals surface area contributed by atoms with E-state index in [0.717, 1.165) is 31.4 Å². The van der Waals surface area contributed by atoms with Crippen molar-refractivity contribution >= 4 is 35.4 Å². The lowest BCUT2D eigenvalue weighted by Gasteiger charge is -2.46. The Hall–Kier alpha value is -1.19. The Balaban J connectivity index is 1.74. The van der Waals surface area contributed by atoms with Gasteiger partial charge in [0.2, 0.25) is 0 Å². The molecule has 24 heavy (non-hydrogen) atoms.